The molecule has 136 valence electrons. The smallest absolute Gasteiger partial charge is 0.253 e. The molecular weight excluding hydrogens is 330 g/mol. The highest BCUT2D eigenvalue weighted by atomic mass is 16.2. The van der Waals surface area contributed by atoms with Crippen LogP contribution in [0.25, 0.3) is 0 Å². The van der Waals surface area contributed by atoms with E-state index in [4.69, 9.17) is 0 Å². The third-order valence-electron chi connectivity index (χ3n) is 4.77. The van der Waals surface area contributed by atoms with Crippen LogP contribution in [0.4, 0.5) is 5.69 Å². The van der Waals surface area contributed by atoms with Crippen LogP contribution in [0, 0.1) is 26.7 Å². The second-order valence-corrected chi connectivity index (χ2v) is 6.90. The summed E-state index contributed by atoms with van der Waals surface area (Å²) in [4.78, 5) is 41.2. The van der Waals surface area contributed by atoms with Gasteiger partial charge in [0.15, 0.2) is 0 Å². The van der Waals surface area contributed by atoms with Crippen molar-refractivity contribution in [1.29, 1.82) is 0 Å². The molecule has 6 nitrogen and oxygen atoms in total. The Labute approximate surface area is 152 Å². The summed E-state index contributed by atoms with van der Waals surface area (Å²) in [6.45, 7) is 6.18. The molecule has 0 saturated carbocycles. The first kappa shape index (κ1) is 17.9. The Bertz CT molecular complexity index is 900. The van der Waals surface area contributed by atoms with Gasteiger partial charge in [-0.15, -0.1) is 0 Å². The zero-order valence-electron chi connectivity index (χ0n) is 15.3. The fourth-order valence-electron chi connectivity index (χ4n) is 3.28. The van der Waals surface area contributed by atoms with E-state index in [1.807, 2.05) is 51.1 Å². The van der Waals surface area contributed by atoms with Gasteiger partial charge in [-0.25, -0.2) is 0 Å². The van der Waals surface area contributed by atoms with Crippen molar-refractivity contribution in [3.8, 4) is 0 Å². The van der Waals surface area contributed by atoms with Crippen molar-refractivity contribution in [3.63, 3.8) is 0 Å². The normalized spacial score (nSPS) is 16.8. The van der Waals surface area contributed by atoms with Crippen molar-refractivity contribution in [2.45, 2.75) is 33.7 Å². The molecule has 1 atom stereocenters. The number of pyridine rings is 1. The number of anilines is 1. The fourth-order valence-corrected chi connectivity index (χ4v) is 3.28. The average Bonchev–Trinajstić information content (AvgIpc) is 2.96. The summed E-state index contributed by atoms with van der Waals surface area (Å²) in [5, 5.41) is 2.81. The fraction of sp³-hybridized carbons (Fsp3) is 0.350. The maximum absolute atomic E-state index is 12.5. The summed E-state index contributed by atoms with van der Waals surface area (Å²) >= 11 is 0. The Morgan fingerprint density at radius 2 is 1.88 bits per heavy atom. The molecule has 2 amide bonds. The Kier molecular flexibility index (Phi) is 4.93. The highest BCUT2D eigenvalue weighted by Crippen LogP contribution is 2.25. The number of hydrogen-bond acceptors (Lipinski definition) is 3. The number of hydrogen-bond donors (Lipinski definition) is 2. The Hall–Kier alpha value is -2.89. The van der Waals surface area contributed by atoms with E-state index in [2.05, 4.69) is 10.3 Å². The summed E-state index contributed by atoms with van der Waals surface area (Å²) in [5.41, 5.74) is 3.92. The SMILES string of the molecule is Cc1ccc(N2C[C@H](C(=O)NCc3c(C)cc(C)[nH]c3=O)CC2=O)cc1. The van der Waals surface area contributed by atoms with Crippen LogP contribution in [-0.2, 0) is 16.1 Å². The number of aryl methyl sites for hydroxylation is 3. The quantitative estimate of drug-likeness (QED) is 0.882. The van der Waals surface area contributed by atoms with Gasteiger partial charge in [-0.1, -0.05) is 17.7 Å². The molecule has 6 heteroatoms. The minimum Gasteiger partial charge on any atom is -0.351 e. The summed E-state index contributed by atoms with van der Waals surface area (Å²) in [6.07, 6.45) is 0.183. The molecule has 1 aromatic heterocycles. The number of amides is 2. The third-order valence-corrected chi connectivity index (χ3v) is 4.77. The first-order chi connectivity index (χ1) is 12.3. The van der Waals surface area contributed by atoms with Gasteiger partial charge < -0.3 is 15.2 Å². The lowest BCUT2D eigenvalue weighted by molar-refractivity contribution is -0.126. The highest BCUT2D eigenvalue weighted by molar-refractivity contribution is 6.00. The van der Waals surface area contributed by atoms with E-state index in [0.717, 1.165) is 22.5 Å². The van der Waals surface area contributed by atoms with Crippen LogP contribution in [0.3, 0.4) is 0 Å². The third kappa shape index (κ3) is 3.69. The van der Waals surface area contributed by atoms with Crippen molar-refractivity contribution in [3.05, 3.63) is 63.1 Å². The number of carbonyl (C=O) groups is 2. The molecule has 2 N–H and O–H groups in total. The molecule has 3 rings (SSSR count). The molecule has 26 heavy (non-hydrogen) atoms. The van der Waals surface area contributed by atoms with Gasteiger partial charge in [0.1, 0.15) is 0 Å². The van der Waals surface area contributed by atoms with E-state index in [0.29, 0.717) is 12.1 Å². The predicted octanol–water partition coefficient (Wildman–Crippen LogP) is 1.97. The first-order valence-electron chi connectivity index (χ1n) is 8.69. The lowest BCUT2D eigenvalue weighted by Crippen LogP contribution is -2.34. The van der Waals surface area contributed by atoms with Gasteiger partial charge >= 0.3 is 0 Å². The molecule has 0 aliphatic carbocycles. The van der Waals surface area contributed by atoms with Crippen molar-refractivity contribution in [2.24, 2.45) is 5.92 Å². The van der Waals surface area contributed by atoms with E-state index in [-0.39, 0.29) is 30.3 Å². The van der Waals surface area contributed by atoms with Crippen LogP contribution >= 0.6 is 0 Å². The zero-order valence-corrected chi connectivity index (χ0v) is 15.3. The van der Waals surface area contributed by atoms with Crippen LogP contribution in [0.2, 0.25) is 0 Å². The van der Waals surface area contributed by atoms with Crippen molar-refractivity contribution in [2.75, 3.05) is 11.4 Å². The number of aromatic amines is 1. The maximum atomic E-state index is 12.5. The molecule has 0 unspecified atom stereocenters. The number of aromatic nitrogens is 1. The van der Waals surface area contributed by atoms with Crippen LogP contribution in [0.15, 0.2) is 35.1 Å². The van der Waals surface area contributed by atoms with E-state index in [9.17, 15) is 14.4 Å². The molecule has 0 bridgehead atoms. The van der Waals surface area contributed by atoms with Crippen molar-refractivity contribution in [1.82, 2.24) is 10.3 Å². The van der Waals surface area contributed by atoms with Crippen LogP contribution in [0.1, 0.15) is 28.8 Å². The molecule has 0 spiro atoms. The largest absolute Gasteiger partial charge is 0.351 e. The van der Waals surface area contributed by atoms with Gasteiger partial charge in [0, 0.05) is 36.5 Å². The number of nitrogens with one attached hydrogen (secondary N) is 2. The number of carbonyl (C=O) groups excluding carboxylic acids is 2. The molecule has 1 fully saturated rings. The first-order valence-corrected chi connectivity index (χ1v) is 8.69. The van der Waals surface area contributed by atoms with E-state index >= 15 is 0 Å². The van der Waals surface area contributed by atoms with Gasteiger partial charge in [-0.05, 0) is 44.5 Å². The highest BCUT2D eigenvalue weighted by Gasteiger charge is 2.35. The summed E-state index contributed by atoms with van der Waals surface area (Å²) in [5.74, 6) is -0.667. The van der Waals surface area contributed by atoms with E-state index in [1.165, 1.54) is 0 Å². The standard InChI is InChI=1S/C20H23N3O3/c1-12-4-6-16(7-5-12)23-11-15(9-18(23)24)19(25)21-10-17-13(2)8-14(3)22-20(17)26/h4-8,15H,9-11H2,1-3H3,(H,21,25)(H,22,26)/t15-/m1/s1. The van der Waals surface area contributed by atoms with Gasteiger partial charge in [0.2, 0.25) is 11.8 Å². The van der Waals surface area contributed by atoms with Crippen molar-refractivity contribution >= 4 is 17.5 Å². The van der Waals surface area contributed by atoms with E-state index < -0.39 is 5.92 Å². The number of nitrogens with zero attached hydrogens (tertiary/aromatic N) is 1. The monoisotopic (exact) mass is 353 g/mol. The zero-order chi connectivity index (χ0) is 18.8. The van der Waals surface area contributed by atoms with Crippen molar-refractivity contribution < 1.29 is 9.59 Å². The Morgan fingerprint density at radius 3 is 2.54 bits per heavy atom. The molecule has 2 aromatic rings. The summed E-state index contributed by atoms with van der Waals surface area (Å²) in [6, 6.07) is 9.55. The number of H-pyrrole nitrogens is 1. The molecule has 0 radical (unpaired) electrons. The maximum Gasteiger partial charge on any atom is 0.253 e. The molecule has 1 aliphatic rings. The Morgan fingerprint density at radius 1 is 1.19 bits per heavy atom. The second-order valence-electron chi connectivity index (χ2n) is 6.90. The Balaban J connectivity index is 1.65. The van der Waals surface area contributed by atoms with Crippen LogP contribution in [0.5, 0.6) is 0 Å². The minimum atomic E-state index is -0.409. The van der Waals surface area contributed by atoms with Crippen LogP contribution < -0.4 is 15.8 Å². The summed E-state index contributed by atoms with van der Waals surface area (Å²) < 4.78 is 0. The predicted molar refractivity (Wildman–Crippen MR) is 100 cm³/mol. The number of benzene rings is 1. The lowest BCUT2D eigenvalue weighted by atomic mass is 10.1. The molecule has 2 heterocycles. The second kappa shape index (κ2) is 7.15. The van der Waals surface area contributed by atoms with Gasteiger partial charge in [0.05, 0.1) is 5.92 Å². The molecular formula is C20H23N3O3. The van der Waals surface area contributed by atoms with Gasteiger partial charge in [-0.2, -0.15) is 0 Å². The topological polar surface area (TPSA) is 82.3 Å². The molecule has 1 saturated heterocycles. The van der Waals surface area contributed by atoms with Crippen LogP contribution in [-0.4, -0.2) is 23.3 Å². The molecule has 1 aliphatic heterocycles. The molecule has 1 aromatic carbocycles. The number of rotatable bonds is 4. The summed E-state index contributed by atoms with van der Waals surface area (Å²) in [7, 11) is 0. The van der Waals surface area contributed by atoms with Gasteiger partial charge in [-0.3, -0.25) is 14.4 Å². The van der Waals surface area contributed by atoms with E-state index in [1.54, 1.807) is 4.90 Å². The average molecular weight is 353 g/mol. The minimum absolute atomic E-state index is 0.0571. The van der Waals surface area contributed by atoms with Gasteiger partial charge in [0.25, 0.3) is 5.56 Å². The lowest BCUT2D eigenvalue weighted by Gasteiger charge is -2.17.